The molecule has 0 aliphatic heterocycles. The summed E-state index contributed by atoms with van der Waals surface area (Å²) >= 11 is 0. The molecule has 19 heavy (non-hydrogen) atoms. The molecule has 0 heterocycles. The molecule has 3 heteroatoms. The van der Waals surface area contributed by atoms with Gasteiger partial charge in [-0.25, -0.2) is 10.1 Å². The van der Waals surface area contributed by atoms with Crippen molar-refractivity contribution >= 4 is 0 Å². The van der Waals surface area contributed by atoms with E-state index in [2.05, 4.69) is 30.7 Å². The second-order valence-corrected chi connectivity index (χ2v) is 6.74. The molecule has 0 spiro atoms. The van der Waals surface area contributed by atoms with Crippen molar-refractivity contribution in [1.29, 1.82) is 0 Å². The van der Waals surface area contributed by atoms with E-state index in [1.807, 2.05) is 0 Å². The zero-order valence-electron chi connectivity index (χ0n) is 13.2. The Hall–Kier alpha value is -0.120. The SMILES string of the molecule is CC(C)(C)CCCCCCCCCCCCOOO. The van der Waals surface area contributed by atoms with Gasteiger partial charge in [-0.05, 0) is 18.3 Å². The first-order valence-electron chi connectivity index (χ1n) is 7.99. The molecule has 0 aliphatic rings. The van der Waals surface area contributed by atoms with E-state index in [1.54, 1.807) is 0 Å². The minimum atomic E-state index is 0.490. The second kappa shape index (κ2) is 12.9. The third kappa shape index (κ3) is 17.9. The van der Waals surface area contributed by atoms with Gasteiger partial charge in [0.25, 0.3) is 0 Å². The van der Waals surface area contributed by atoms with Crippen molar-refractivity contribution in [2.24, 2.45) is 5.41 Å². The molecule has 0 fully saturated rings. The Morgan fingerprint density at radius 3 is 1.53 bits per heavy atom. The molecule has 3 nitrogen and oxygen atoms in total. The minimum Gasteiger partial charge on any atom is -0.221 e. The molecule has 0 saturated heterocycles. The fraction of sp³-hybridized carbons (Fsp3) is 1.00. The van der Waals surface area contributed by atoms with Gasteiger partial charge in [-0.15, -0.1) is 0 Å². The lowest BCUT2D eigenvalue weighted by atomic mass is 9.89. The Balaban J connectivity index is 2.99. The Kier molecular flexibility index (Phi) is 12.8. The number of hydrogen-bond donors (Lipinski definition) is 1. The zero-order chi connectivity index (χ0) is 14.4. The quantitative estimate of drug-likeness (QED) is 0.264. The first kappa shape index (κ1) is 18.9. The monoisotopic (exact) mass is 274 g/mol. The van der Waals surface area contributed by atoms with Gasteiger partial charge in [0.2, 0.25) is 0 Å². The van der Waals surface area contributed by atoms with Crippen molar-refractivity contribution in [3.8, 4) is 0 Å². The van der Waals surface area contributed by atoms with Crippen molar-refractivity contribution in [1.82, 2.24) is 0 Å². The molecule has 0 saturated carbocycles. The molecule has 0 amide bonds. The Labute approximate surface area is 119 Å². The summed E-state index contributed by atoms with van der Waals surface area (Å²) in [6.07, 6.45) is 14.4. The predicted octanol–water partition coefficient (Wildman–Crippen LogP) is 5.74. The Morgan fingerprint density at radius 2 is 1.11 bits per heavy atom. The standard InChI is InChI=1S/C16H34O3/c1-16(2,3)14-12-10-8-6-4-5-7-9-11-13-15-18-19-17/h17H,4-15H2,1-3H3. The summed E-state index contributed by atoms with van der Waals surface area (Å²) < 4.78 is 0. The molecule has 1 N–H and O–H groups in total. The molecule has 116 valence electrons. The van der Waals surface area contributed by atoms with Crippen molar-refractivity contribution in [3.05, 3.63) is 0 Å². The van der Waals surface area contributed by atoms with Gasteiger partial charge in [-0.2, -0.15) is 0 Å². The van der Waals surface area contributed by atoms with Gasteiger partial charge in [0.1, 0.15) is 0 Å². The van der Waals surface area contributed by atoms with Crippen LogP contribution < -0.4 is 0 Å². The first-order valence-corrected chi connectivity index (χ1v) is 7.99. The second-order valence-electron chi connectivity index (χ2n) is 6.74. The highest BCUT2D eigenvalue weighted by atomic mass is 17.5. The highest BCUT2D eigenvalue weighted by Crippen LogP contribution is 2.22. The van der Waals surface area contributed by atoms with E-state index in [0.717, 1.165) is 12.8 Å². The normalized spacial score (nSPS) is 12.0. The van der Waals surface area contributed by atoms with Gasteiger partial charge in [-0.3, -0.25) is 0 Å². The maximum absolute atomic E-state index is 7.95. The number of unbranched alkanes of at least 4 members (excludes halogenated alkanes) is 9. The first-order chi connectivity index (χ1) is 9.06. The highest BCUT2D eigenvalue weighted by Gasteiger charge is 2.08. The van der Waals surface area contributed by atoms with Crippen LogP contribution in [0.3, 0.4) is 0 Å². The van der Waals surface area contributed by atoms with E-state index < -0.39 is 0 Å². The maximum Gasteiger partial charge on any atom is 0.0853 e. The van der Waals surface area contributed by atoms with Crippen molar-refractivity contribution in [2.45, 2.75) is 91.4 Å². The molecule has 0 rings (SSSR count). The fourth-order valence-corrected chi connectivity index (χ4v) is 2.27. The van der Waals surface area contributed by atoms with E-state index in [9.17, 15) is 0 Å². The third-order valence-corrected chi connectivity index (χ3v) is 3.46. The highest BCUT2D eigenvalue weighted by molar-refractivity contribution is 4.61. The van der Waals surface area contributed by atoms with Crippen LogP contribution in [-0.4, -0.2) is 11.9 Å². The van der Waals surface area contributed by atoms with Gasteiger partial charge >= 0.3 is 0 Å². The van der Waals surface area contributed by atoms with Crippen molar-refractivity contribution in [2.75, 3.05) is 6.61 Å². The fourth-order valence-electron chi connectivity index (χ4n) is 2.27. The summed E-state index contributed by atoms with van der Waals surface area (Å²) in [4.78, 5) is 4.40. The van der Waals surface area contributed by atoms with E-state index in [1.165, 1.54) is 57.8 Å². The lowest BCUT2D eigenvalue weighted by Crippen LogP contribution is -2.03. The van der Waals surface area contributed by atoms with Crippen LogP contribution in [-0.2, 0) is 9.93 Å². The molecular weight excluding hydrogens is 240 g/mol. The van der Waals surface area contributed by atoms with Gasteiger partial charge in [0, 0.05) is 0 Å². The Morgan fingerprint density at radius 1 is 0.684 bits per heavy atom. The van der Waals surface area contributed by atoms with Gasteiger partial charge in [0.15, 0.2) is 0 Å². The maximum atomic E-state index is 7.95. The predicted molar refractivity (Wildman–Crippen MR) is 79.9 cm³/mol. The summed E-state index contributed by atoms with van der Waals surface area (Å²) in [6, 6.07) is 0. The number of rotatable bonds is 13. The van der Waals surface area contributed by atoms with Crippen LogP contribution in [0, 0.1) is 5.41 Å². The van der Waals surface area contributed by atoms with Crippen LogP contribution in [0.5, 0.6) is 0 Å². The van der Waals surface area contributed by atoms with Crippen LogP contribution in [0.15, 0.2) is 0 Å². The smallest absolute Gasteiger partial charge is 0.0853 e. The molecule has 0 bridgehead atoms. The topological polar surface area (TPSA) is 38.7 Å². The molecule has 0 unspecified atom stereocenters. The van der Waals surface area contributed by atoms with Crippen LogP contribution in [0.25, 0.3) is 0 Å². The van der Waals surface area contributed by atoms with Crippen LogP contribution >= 0.6 is 0 Å². The van der Waals surface area contributed by atoms with Gasteiger partial charge in [0.05, 0.1) is 6.61 Å². The molecule has 0 aromatic rings. The summed E-state index contributed by atoms with van der Waals surface area (Å²) in [5.41, 5.74) is 0.505. The van der Waals surface area contributed by atoms with Crippen molar-refractivity contribution < 1.29 is 15.2 Å². The van der Waals surface area contributed by atoms with E-state index >= 15 is 0 Å². The van der Waals surface area contributed by atoms with Gasteiger partial charge < -0.3 is 0 Å². The largest absolute Gasteiger partial charge is 0.221 e. The minimum absolute atomic E-state index is 0.490. The summed E-state index contributed by atoms with van der Waals surface area (Å²) in [5.74, 6) is 0. The van der Waals surface area contributed by atoms with E-state index in [4.69, 9.17) is 5.26 Å². The summed E-state index contributed by atoms with van der Waals surface area (Å²) in [7, 11) is 0. The lowest BCUT2D eigenvalue weighted by Gasteiger charge is -2.17. The summed E-state index contributed by atoms with van der Waals surface area (Å²) in [6.45, 7) is 7.46. The van der Waals surface area contributed by atoms with Gasteiger partial charge in [-0.1, -0.05) is 83.6 Å². The summed E-state index contributed by atoms with van der Waals surface area (Å²) in [5, 5.41) is 11.5. The zero-order valence-corrected chi connectivity index (χ0v) is 13.2. The van der Waals surface area contributed by atoms with Crippen LogP contribution in [0.2, 0.25) is 0 Å². The van der Waals surface area contributed by atoms with Crippen LogP contribution in [0.1, 0.15) is 91.4 Å². The van der Waals surface area contributed by atoms with E-state index in [-0.39, 0.29) is 0 Å². The number of hydrogen-bond acceptors (Lipinski definition) is 3. The van der Waals surface area contributed by atoms with Crippen LogP contribution in [0.4, 0.5) is 0 Å². The molecule has 0 aliphatic carbocycles. The molecule has 0 radical (unpaired) electrons. The Bertz CT molecular complexity index is 175. The average Bonchev–Trinajstić information content (AvgIpc) is 2.34. The lowest BCUT2D eigenvalue weighted by molar-refractivity contribution is -0.490. The van der Waals surface area contributed by atoms with E-state index in [0.29, 0.717) is 12.0 Å². The third-order valence-electron chi connectivity index (χ3n) is 3.46. The average molecular weight is 274 g/mol. The molecule has 0 aromatic heterocycles. The van der Waals surface area contributed by atoms with Crippen molar-refractivity contribution in [3.63, 3.8) is 0 Å². The molecule has 0 aromatic carbocycles. The molecule has 0 atom stereocenters. The molecular formula is C16H34O3.